The molecule has 0 aliphatic heterocycles. The molecule has 2 unspecified atom stereocenters. The van der Waals surface area contributed by atoms with E-state index >= 15 is 0 Å². The third-order valence-electron chi connectivity index (χ3n) is 3.93. The molecule has 0 aromatic heterocycles. The van der Waals surface area contributed by atoms with Crippen molar-refractivity contribution in [1.29, 1.82) is 0 Å². The molecule has 0 radical (unpaired) electrons. The number of likely N-dealkylation sites (N-methyl/N-ethyl adjacent to an activating group) is 1. The van der Waals surface area contributed by atoms with Crippen LogP contribution in [-0.4, -0.2) is 43.4 Å². The summed E-state index contributed by atoms with van der Waals surface area (Å²) >= 11 is 0. The maximum atomic E-state index is 12.9. The SMILES string of the molecule is CCC(C)NC(=NCC(=O)N(C)C)NC(C)c1cccc(C(F)(F)F)c1. The Morgan fingerprint density at radius 3 is 2.42 bits per heavy atom. The molecule has 0 bridgehead atoms. The summed E-state index contributed by atoms with van der Waals surface area (Å²) in [5, 5.41) is 6.22. The van der Waals surface area contributed by atoms with Crippen LogP contribution in [0.5, 0.6) is 0 Å². The number of guanidine groups is 1. The van der Waals surface area contributed by atoms with Gasteiger partial charge in [-0.25, -0.2) is 4.99 Å². The molecule has 0 fully saturated rings. The van der Waals surface area contributed by atoms with E-state index in [2.05, 4.69) is 15.6 Å². The van der Waals surface area contributed by atoms with Crippen molar-refractivity contribution >= 4 is 11.9 Å². The quantitative estimate of drug-likeness (QED) is 0.596. The van der Waals surface area contributed by atoms with Crippen molar-refractivity contribution in [2.45, 2.75) is 45.5 Å². The fourth-order valence-corrected chi connectivity index (χ4v) is 2.03. The van der Waals surface area contributed by atoms with E-state index in [0.717, 1.165) is 18.6 Å². The molecular weight excluding hydrogens is 345 g/mol. The van der Waals surface area contributed by atoms with E-state index < -0.39 is 17.8 Å². The van der Waals surface area contributed by atoms with Crippen LogP contribution in [0.4, 0.5) is 13.2 Å². The summed E-state index contributed by atoms with van der Waals surface area (Å²) in [6.45, 7) is 5.65. The van der Waals surface area contributed by atoms with Crippen LogP contribution >= 0.6 is 0 Å². The second-order valence-electron chi connectivity index (χ2n) is 6.40. The molecule has 146 valence electrons. The number of benzene rings is 1. The molecule has 0 saturated carbocycles. The number of aliphatic imine (C=N–C) groups is 1. The number of carbonyl (C=O) groups is 1. The van der Waals surface area contributed by atoms with E-state index in [1.54, 1.807) is 27.1 Å². The second kappa shape index (κ2) is 9.45. The highest BCUT2D eigenvalue weighted by Crippen LogP contribution is 2.30. The fourth-order valence-electron chi connectivity index (χ4n) is 2.03. The smallest absolute Gasteiger partial charge is 0.354 e. The Kier molecular flexibility index (Phi) is 7.92. The van der Waals surface area contributed by atoms with Gasteiger partial charge in [-0.15, -0.1) is 0 Å². The van der Waals surface area contributed by atoms with Gasteiger partial charge in [0.1, 0.15) is 6.54 Å². The van der Waals surface area contributed by atoms with E-state index in [0.29, 0.717) is 11.5 Å². The number of hydrogen-bond donors (Lipinski definition) is 2. The maximum absolute atomic E-state index is 12.9. The van der Waals surface area contributed by atoms with Crippen LogP contribution in [0.3, 0.4) is 0 Å². The molecule has 1 rings (SSSR count). The molecule has 2 atom stereocenters. The van der Waals surface area contributed by atoms with Crippen LogP contribution in [0.2, 0.25) is 0 Å². The Balaban J connectivity index is 2.95. The highest BCUT2D eigenvalue weighted by Gasteiger charge is 2.30. The Morgan fingerprint density at radius 1 is 1.23 bits per heavy atom. The summed E-state index contributed by atoms with van der Waals surface area (Å²) in [6, 6.07) is 4.84. The van der Waals surface area contributed by atoms with Gasteiger partial charge in [-0.2, -0.15) is 13.2 Å². The molecule has 1 aromatic carbocycles. The summed E-state index contributed by atoms with van der Waals surface area (Å²) in [5.74, 6) is 0.224. The number of carbonyl (C=O) groups excluding carboxylic acids is 1. The first-order valence-electron chi connectivity index (χ1n) is 8.49. The number of alkyl halides is 3. The largest absolute Gasteiger partial charge is 0.416 e. The number of rotatable bonds is 6. The number of nitrogens with zero attached hydrogens (tertiary/aromatic N) is 2. The van der Waals surface area contributed by atoms with Crippen LogP contribution in [0.1, 0.15) is 44.4 Å². The average Bonchev–Trinajstić information content (AvgIpc) is 2.58. The molecule has 0 saturated heterocycles. The lowest BCUT2D eigenvalue weighted by molar-refractivity contribution is -0.137. The van der Waals surface area contributed by atoms with Crippen LogP contribution in [0.25, 0.3) is 0 Å². The van der Waals surface area contributed by atoms with Crippen LogP contribution in [0.15, 0.2) is 29.3 Å². The predicted molar refractivity (Wildman–Crippen MR) is 96.9 cm³/mol. The highest BCUT2D eigenvalue weighted by molar-refractivity contribution is 5.85. The lowest BCUT2D eigenvalue weighted by Gasteiger charge is -2.22. The van der Waals surface area contributed by atoms with Crippen molar-refractivity contribution < 1.29 is 18.0 Å². The van der Waals surface area contributed by atoms with E-state index in [4.69, 9.17) is 0 Å². The average molecular weight is 372 g/mol. The topological polar surface area (TPSA) is 56.7 Å². The minimum Gasteiger partial charge on any atom is -0.354 e. The zero-order valence-electron chi connectivity index (χ0n) is 15.8. The summed E-state index contributed by atoms with van der Waals surface area (Å²) < 4.78 is 38.7. The van der Waals surface area contributed by atoms with Crippen LogP contribution in [-0.2, 0) is 11.0 Å². The zero-order chi connectivity index (χ0) is 19.9. The monoisotopic (exact) mass is 372 g/mol. The minimum absolute atomic E-state index is 0.0475. The third-order valence-corrected chi connectivity index (χ3v) is 3.93. The van der Waals surface area contributed by atoms with Gasteiger partial charge in [0.2, 0.25) is 5.91 Å². The highest BCUT2D eigenvalue weighted by atomic mass is 19.4. The normalized spacial score (nSPS) is 14.5. The molecule has 1 aromatic rings. The first-order chi connectivity index (χ1) is 12.0. The first-order valence-corrected chi connectivity index (χ1v) is 8.49. The van der Waals surface area contributed by atoms with Gasteiger partial charge < -0.3 is 15.5 Å². The molecule has 2 N–H and O–H groups in total. The number of halogens is 3. The molecule has 5 nitrogen and oxygen atoms in total. The Hall–Kier alpha value is -2.25. The minimum atomic E-state index is -4.39. The van der Waals surface area contributed by atoms with Crippen LogP contribution in [0, 0.1) is 0 Å². The predicted octanol–water partition coefficient (Wildman–Crippen LogP) is 3.19. The standard InChI is InChI=1S/C18H27F3N4O/c1-6-12(2)23-17(22-11-16(26)25(4)5)24-13(3)14-8-7-9-15(10-14)18(19,20)21/h7-10,12-13H,6,11H2,1-5H3,(H2,22,23,24). The van der Waals surface area contributed by atoms with Gasteiger partial charge in [-0.1, -0.05) is 19.1 Å². The summed E-state index contributed by atoms with van der Waals surface area (Å²) in [5.41, 5.74) is -0.211. The van der Waals surface area contributed by atoms with Crippen molar-refractivity contribution in [3.05, 3.63) is 35.4 Å². The van der Waals surface area contributed by atoms with Gasteiger partial charge in [0.15, 0.2) is 5.96 Å². The fraction of sp³-hybridized carbons (Fsp3) is 0.556. The van der Waals surface area contributed by atoms with Gasteiger partial charge in [0, 0.05) is 20.1 Å². The van der Waals surface area contributed by atoms with E-state index in [1.165, 1.54) is 11.0 Å². The van der Waals surface area contributed by atoms with Crippen molar-refractivity contribution in [2.75, 3.05) is 20.6 Å². The lowest BCUT2D eigenvalue weighted by Crippen LogP contribution is -2.43. The molecular formula is C18H27F3N4O. The first kappa shape index (κ1) is 21.8. The molecule has 26 heavy (non-hydrogen) atoms. The molecule has 8 heteroatoms. The Morgan fingerprint density at radius 2 is 1.88 bits per heavy atom. The molecule has 1 amide bonds. The number of nitrogens with one attached hydrogen (secondary N) is 2. The second-order valence-corrected chi connectivity index (χ2v) is 6.40. The Bertz CT molecular complexity index is 629. The lowest BCUT2D eigenvalue weighted by atomic mass is 10.1. The summed E-state index contributed by atoms with van der Waals surface area (Å²) in [4.78, 5) is 17.4. The van der Waals surface area contributed by atoms with Gasteiger partial charge in [-0.05, 0) is 38.0 Å². The van der Waals surface area contributed by atoms with Crippen molar-refractivity contribution in [2.24, 2.45) is 4.99 Å². The summed E-state index contributed by atoms with van der Waals surface area (Å²) in [6.07, 6.45) is -3.56. The zero-order valence-corrected chi connectivity index (χ0v) is 15.8. The van der Waals surface area contributed by atoms with Gasteiger partial charge in [0.25, 0.3) is 0 Å². The maximum Gasteiger partial charge on any atom is 0.416 e. The van der Waals surface area contributed by atoms with E-state index in [-0.39, 0.29) is 18.5 Å². The molecule has 0 heterocycles. The van der Waals surface area contributed by atoms with Crippen molar-refractivity contribution in [3.63, 3.8) is 0 Å². The molecule has 0 aliphatic rings. The number of hydrogen-bond acceptors (Lipinski definition) is 2. The van der Waals surface area contributed by atoms with Gasteiger partial charge in [0.05, 0.1) is 11.6 Å². The van der Waals surface area contributed by atoms with Gasteiger partial charge in [-0.3, -0.25) is 4.79 Å². The summed E-state index contributed by atoms with van der Waals surface area (Å²) in [7, 11) is 3.27. The van der Waals surface area contributed by atoms with Crippen molar-refractivity contribution in [3.8, 4) is 0 Å². The Labute approximate surface area is 152 Å². The van der Waals surface area contributed by atoms with Crippen LogP contribution < -0.4 is 10.6 Å². The third kappa shape index (κ3) is 6.93. The van der Waals surface area contributed by atoms with Gasteiger partial charge >= 0.3 is 6.18 Å². The molecule has 0 aliphatic carbocycles. The van der Waals surface area contributed by atoms with Crippen molar-refractivity contribution in [1.82, 2.24) is 15.5 Å². The molecule has 0 spiro atoms. The van der Waals surface area contributed by atoms with E-state index in [9.17, 15) is 18.0 Å². The van der Waals surface area contributed by atoms with E-state index in [1.807, 2.05) is 13.8 Å². The number of amides is 1.